The minimum atomic E-state index is -0.695. The van der Waals surface area contributed by atoms with Crippen molar-refractivity contribution in [1.82, 2.24) is 0 Å². The van der Waals surface area contributed by atoms with Crippen molar-refractivity contribution in [3.8, 4) is 5.75 Å². The van der Waals surface area contributed by atoms with Crippen LogP contribution in [0.2, 0.25) is 5.02 Å². The van der Waals surface area contributed by atoms with Crippen LogP contribution >= 0.6 is 11.6 Å². The van der Waals surface area contributed by atoms with Crippen molar-refractivity contribution in [2.24, 2.45) is 0 Å². The van der Waals surface area contributed by atoms with Gasteiger partial charge in [-0.15, -0.1) is 0 Å². The molecule has 8 heteroatoms. The van der Waals surface area contributed by atoms with Crippen LogP contribution in [0.1, 0.15) is 64.8 Å². The van der Waals surface area contributed by atoms with Gasteiger partial charge >= 0.3 is 5.97 Å². The Bertz CT molecular complexity index is 2170. The fraction of sp³-hybridized carbons (Fsp3) is 0.288. The van der Waals surface area contributed by atoms with Crippen molar-refractivity contribution < 1.29 is 33.2 Å². The first-order valence-electron chi connectivity index (χ1n) is 20.8. The highest BCUT2D eigenvalue weighted by Gasteiger charge is 2.49. The van der Waals surface area contributed by atoms with Crippen LogP contribution in [0.4, 0.5) is 0 Å². The van der Waals surface area contributed by atoms with Gasteiger partial charge in [0, 0.05) is 11.4 Å². The van der Waals surface area contributed by atoms with Crippen LogP contribution in [0.15, 0.2) is 164 Å². The normalized spacial score (nSPS) is 18.8. The average molecular weight is 825 g/mol. The molecule has 60 heavy (non-hydrogen) atoms. The van der Waals surface area contributed by atoms with E-state index in [-0.39, 0.29) is 19.0 Å². The molecular formula is C52H53ClO7. The molecule has 6 aromatic carbocycles. The maximum Gasteiger partial charge on any atom is 0.305 e. The van der Waals surface area contributed by atoms with Gasteiger partial charge in [0.2, 0.25) is 0 Å². The Morgan fingerprint density at radius 3 is 1.70 bits per heavy atom. The molecule has 0 saturated carbocycles. The second-order valence-corrected chi connectivity index (χ2v) is 15.4. The van der Waals surface area contributed by atoms with Gasteiger partial charge in [0.25, 0.3) is 0 Å². The Morgan fingerprint density at radius 2 is 1.13 bits per heavy atom. The molecular weight excluding hydrogens is 772 g/mol. The average Bonchev–Trinajstić information content (AvgIpc) is 3.29. The zero-order chi connectivity index (χ0) is 41.4. The van der Waals surface area contributed by atoms with Crippen LogP contribution in [0.5, 0.6) is 5.75 Å². The quantitative estimate of drug-likeness (QED) is 0.0710. The van der Waals surface area contributed by atoms with Crippen LogP contribution in [0.3, 0.4) is 0 Å². The zero-order valence-electron chi connectivity index (χ0n) is 34.1. The number of benzene rings is 6. The number of hydrogen-bond acceptors (Lipinski definition) is 7. The summed E-state index contributed by atoms with van der Waals surface area (Å²) in [6, 6.07) is 54.4. The molecule has 0 aromatic heterocycles. The van der Waals surface area contributed by atoms with Gasteiger partial charge in [0.1, 0.15) is 42.9 Å². The molecule has 7 rings (SSSR count). The third-order valence-electron chi connectivity index (χ3n) is 10.6. The summed E-state index contributed by atoms with van der Waals surface area (Å²) in [4.78, 5) is 13.3. The van der Waals surface area contributed by atoms with Crippen LogP contribution in [-0.4, -0.2) is 43.6 Å². The molecule has 0 aliphatic carbocycles. The molecule has 0 amide bonds. The molecule has 0 radical (unpaired) electrons. The van der Waals surface area contributed by atoms with Gasteiger partial charge in [0.05, 0.1) is 26.4 Å². The number of halogens is 1. The number of hydrogen-bond donors (Lipinski definition) is 0. The summed E-state index contributed by atoms with van der Waals surface area (Å²) < 4.78 is 39.5. The topological polar surface area (TPSA) is 72.5 Å². The number of esters is 1. The highest BCUT2D eigenvalue weighted by atomic mass is 35.5. The third kappa shape index (κ3) is 12.4. The summed E-state index contributed by atoms with van der Waals surface area (Å²) in [7, 11) is 0. The van der Waals surface area contributed by atoms with Crippen molar-refractivity contribution in [3.05, 3.63) is 208 Å². The number of carbonyl (C=O) groups is 1. The zero-order valence-corrected chi connectivity index (χ0v) is 34.8. The maximum absolute atomic E-state index is 13.3. The molecule has 6 aromatic rings. The first kappa shape index (κ1) is 42.8. The number of carbonyl (C=O) groups excluding carboxylic acids is 1. The van der Waals surface area contributed by atoms with Gasteiger partial charge in [-0.3, -0.25) is 4.79 Å². The highest BCUT2D eigenvalue weighted by molar-refractivity contribution is 6.31. The van der Waals surface area contributed by atoms with Crippen molar-refractivity contribution in [1.29, 1.82) is 0 Å². The van der Waals surface area contributed by atoms with E-state index in [2.05, 4.69) is 30.3 Å². The second-order valence-electron chi connectivity index (χ2n) is 15.0. The lowest BCUT2D eigenvalue weighted by Gasteiger charge is -2.46. The molecule has 1 aliphatic rings. The molecule has 0 N–H and O–H groups in total. The van der Waals surface area contributed by atoms with E-state index in [1.165, 1.54) is 5.56 Å². The predicted molar refractivity (Wildman–Crippen MR) is 235 cm³/mol. The van der Waals surface area contributed by atoms with E-state index in [4.69, 9.17) is 40.0 Å². The van der Waals surface area contributed by atoms with Gasteiger partial charge in [-0.25, -0.2) is 0 Å². The summed E-state index contributed by atoms with van der Waals surface area (Å²) in [6.07, 6.45) is -0.930. The van der Waals surface area contributed by atoms with Crippen LogP contribution in [0, 0.1) is 0 Å². The van der Waals surface area contributed by atoms with Crippen LogP contribution in [-0.2, 0) is 61.1 Å². The van der Waals surface area contributed by atoms with Gasteiger partial charge < -0.3 is 28.4 Å². The molecule has 7 nitrogen and oxygen atoms in total. The smallest absolute Gasteiger partial charge is 0.305 e. The van der Waals surface area contributed by atoms with E-state index in [1.54, 1.807) is 0 Å². The maximum atomic E-state index is 13.3. The standard InChI is InChI=1S/C52H53ClO7/c1-2-55-45-29-26-39(27-30-45)32-44-33-43(28-31-46(44)53)49-51(58-35-41-20-11-5-12-21-41)52(59-36-42-22-13-6-14-23-42)50(57-34-40-18-9-4-10-19-40)47(60-49)37-56-48(54)25-15-24-38-16-7-3-8-17-38/h3-14,16-23,26-31,33,47,49-52H,2,15,24-25,32,34-37H2,1H3/t47-,49+,50-,51+,52+/m1/s1. The minimum absolute atomic E-state index is 0.0244. The largest absolute Gasteiger partial charge is 0.494 e. The van der Waals surface area contributed by atoms with E-state index >= 15 is 0 Å². The summed E-state index contributed by atoms with van der Waals surface area (Å²) in [5, 5.41) is 0.645. The SMILES string of the molecule is CCOc1ccc(Cc2cc([C@@H]3O[C@H](COC(=O)CCCc4ccccc4)[C@@H](OCc4ccccc4)[C@H](OCc4ccccc4)[C@H]3OCc3ccccc3)ccc2Cl)cc1. The van der Waals surface area contributed by atoms with Crippen molar-refractivity contribution >= 4 is 17.6 Å². The Labute approximate surface area is 359 Å². The fourth-order valence-electron chi connectivity index (χ4n) is 7.52. The Morgan fingerprint density at radius 1 is 0.600 bits per heavy atom. The molecule has 1 fully saturated rings. The number of aryl methyl sites for hydroxylation is 1. The predicted octanol–water partition coefficient (Wildman–Crippen LogP) is 11.1. The first-order chi connectivity index (χ1) is 29.5. The molecule has 0 bridgehead atoms. The monoisotopic (exact) mass is 824 g/mol. The van der Waals surface area contributed by atoms with Crippen molar-refractivity contribution in [3.63, 3.8) is 0 Å². The summed E-state index contributed by atoms with van der Waals surface area (Å²) >= 11 is 6.91. The molecule has 0 spiro atoms. The molecule has 310 valence electrons. The fourth-order valence-corrected chi connectivity index (χ4v) is 7.70. The van der Waals surface area contributed by atoms with E-state index in [1.807, 2.05) is 140 Å². The molecule has 1 heterocycles. The van der Waals surface area contributed by atoms with E-state index in [0.717, 1.165) is 45.6 Å². The Kier molecular flexibility index (Phi) is 16.0. The van der Waals surface area contributed by atoms with Gasteiger partial charge in [-0.05, 0) is 83.3 Å². The minimum Gasteiger partial charge on any atom is -0.494 e. The lowest BCUT2D eigenvalue weighted by molar-refractivity contribution is -0.273. The van der Waals surface area contributed by atoms with E-state index < -0.39 is 30.5 Å². The summed E-state index contributed by atoms with van der Waals surface area (Å²) in [6.45, 7) is 3.47. The van der Waals surface area contributed by atoms with Gasteiger partial charge in [-0.2, -0.15) is 0 Å². The van der Waals surface area contributed by atoms with Crippen LogP contribution < -0.4 is 4.74 Å². The Balaban J connectivity index is 1.21. The van der Waals surface area contributed by atoms with E-state index in [9.17, 15) is 4.79 Å². The van der Waals surface area contributed by atoms with Crippen LogP contribution in [0.25, 0.3) is 0 Å². The second kappa shape index (κ2) is 22.4. The van der Waals surface area contributed by atoms with Crippen molar-refractivity contribution in [2.45, 2.75) is 82.9 Å². The molecule has 1 saturated heterocycles. The van der Waals surface area contributed by atoms with E-state index in [0.29, 0.717) is 44.3 Å². The lowest BCUT2D eigenvalue weighted by Crippen LogP contribution is -2.58. The van der Waals surface area contributed by atoms with Crippen molar-refractivity contribution in [2.75, 3.05) is 13.2 Å². The van der Waals surface area contributed by atoms with Gasteiger partial charge in [-0.1, -0.05) is 157 Å². The Hall–Kier alpha value is -5.28. The third-order valence-corrected chi connectivity index (χ3v) is 11.0. The number of rotatable bonds is 20. The lowest BCUT2D eigenvalue weighted by atomic mass is 9.89. The first-order valence-corrected chi connectivity index (χ1v) is 21.2. The molecule has 5 atom stereocenters. The molecule has 0 unspecified atom stereocenters. The highest BCUT2D eigenvalue weighted by Crippen LogP contribution is 2.40. The summed E-state index contributed by atoms with van der Waals surface area (Å²) in [5.41, 5.74) is 7.10. The number of ether oxygens (including phenoxy) is 6. The molecule has 1 aliphatic heterocycles. The van der Waals surface area contributed by atoms with Gasteiger partial charge in [0.15, 0.2) is 0 Å². The summed E-state index contributed by atoms with van der Waals surface area (Å²) in [5.74, 6) is 0.532.